The van der Waals surface area contributed by atoms with Gasteiger partial charge in [0.2, 0.25) is 11.8 Å². The molecule has 10 heteroatoms. The van der Waals surface area contributed by atoms with Gasteiger partial charge in [0.05, 0.1) is 36.8 Å². The molecule has 0 radical (unpaired) electrons. The van der Waals surface area contributed by atoms with E-state index in [1.165, 1.54) is 6.26 Å². The van der Waals surface area contributed by atoms with Crippen LogP contribution in [0, 0.1) is 6.92 Å². The molecule has 32 heavy (non-hydrogen) atoms. The Morgan fingerprint density at radius 2 is 2.12 bits per heavy atom. The molecule has 5 rings (SSSR count). The number of methoxy groups -OCH3 is 1. The van der Waals surface area contributed by atoms with Gasteiger partial charge in [-0.1, -0.05) is 5.16 Å². The zero-order valence-corrected chi connectivity index (χ0v) is 18.1. The SMILES string of the molecule is COc1ncc(N2CCc3ncnc(OC4CCN(C(O)c5ccon5)C4)c3C2)cc1C. The van der Waals surface area contributed by atoms with Gasteiger partial charge in [0.25, 0.3) is 0 Å². The van der Waals surface area contributed by atoms with Crippen LogP contribution in [0.2, 0.25) is 0 Å². The van der Waals surface area contributed by atoms with Crippen LogP contribution in [0.15, 0.2) is 35.4 Å². The van der Waals surface area contributed by atoms with Crippen LogP contribution in [0.3, 0.4) is 0 Å². The summed E-state index contributed by atoms with van der Waals surface area (Å²) in [5.41, 5.74) is 4.55. The predicted molar refractivity (Wildman–Crippen MR) is 114 cm³/mol. The lowest BCUT2D eigenvalue weighted by Crippen LogP contribution is -2.33. The first-order chi connectivity index (χ1) is 15.6. The quantitative estimate of drug-likeness (QED) is 0.612. The van der Waals surface area contributed by atoms with Crippen molar-refractivity contribution in [1.82, 2.24) is 25.0 Å². The molecule has 5 heterocycles. The van der Waals surface area contributed by atoms with Gasteiger partial charge in [0.15, 0.2) is 6.23 Å². The lowest BCUT2D eigenvalue weighted by molar-refractivity contribution is 0.00632. The first-order valence-corrected chi connectivity index (χ1v) is 10.7. The maximum absolute atomic E-state index is 10.5. The molecule has 0 amide bonds. The van der Waals surface area contributed by atoms with E-state index in [9.17, 15) is 5.11 Å². The smallest absolute Gasteiger partial charge is 0.222 e. The summed E-state index contributed by atoms with van der Waals surface area (Å²) in [5, 5.41) is 14.3. The zero-order chi connectivity index (χ0) is 22.1. The van der Waals surface area contributed by atoms with Crippen molar-refractivity contribution in [2.45, 2.75) is 38.6 Å². The molecule has 168 valence electrons. The van der Waals surface area contributed by atoms with E-state index in [-0.39, 0.29) is 6.10 Å². The topological polar surface area (TPSA) is 110 Å². The number of nitrogens with zero attached hydrogens (tertiary/aromatic N) is 6. The summed E-state index contributed by atoms with van der Waals surface area (Å²) in [6, 6.07) is 3.76. The highest BCUT2D eigenvalue weighted by Gasteiger charge is 2.32. The Balaban J connectivity index is 1.30. The van der Waals surface area contributed by atoms with Gasteiger partial charge < -0.3 is 24.0 Å². The lowest BCUT2D eigenvalue weighted by Gasteiger charge is -2.31. The van der Waals surface area contributed by atoms with E-state index in [1.807, 2.05) is 18.0 Å². The van der Waals surface area contributed by atoms with Gasteiger partial charge in [-0.25, -0.2) is 15.0 Å². The third kappa shape index (κ3) is 3.98. The number of ether oxygens (including phenoxy) is 2. The number of hydrogen-bond acceptors (Lipinski definition) is 10. The van der Waals surface area contributed by atoms with E-state index in [4.69, 9.17) is 14.0 Å². The van der Waals surface area contributed by atoms with Crippen LogP contribution in [0.5, 0.6) is 11.8 Å². The molecule has 1 N–H and O–H groups in total. The number of aryl methyl sites for hydroxylation is 1. The van der Waals surface area contributed by atoms with Gasteiger partial charge in [0, 0.05) is 37.7 Å². The Morgan fingerprint density at radius 3 is 2.91 bits per heavy atom. The van der Waals surface area contributed by atoms with E-state index in [2.05, 4.69) is 31.1 Å². The van der Waals surface area contributed by atoms with Crippen molar-refractivity contribution < 1.29 is 19.1 Å². The highest BCUT2D eigenvalue weighted by Crippen LogP contribution is 2.31. The standard InChI is InChI=1S/C22H26N6O4/c1-14-9-15(10-23-20(14)30-2)27-7-4-18-17(12-27)21(25-13-24-18)32-16-3-6-28(11-16)22(29)19-5-8-31-26-19/h5,8-10,13,16,22,29H,3-4,6-7,11-12H2,1-2H3. The minimum absolute atomic E-state index is 0.0733. The number of anilines is 1. The van der Waals surface area contributed by atoms with Crippen LogP contribution in [0.1, 0.15) is 35.2 Å². The number of likely N-dealkylation sites (tertiary alicyclic amines) is 1. The fourth-order valence-electron chi connectivity index (χ4n) is 4.34. The van der Waals surface area contributed by atoms with Crippen molar-refractivity contribution in [2.24, 2.45) is 0 Å². The maximum Gasteiger partial charge on any atom is 0.222 e. The van der Waals surface area contributed by atoms with Gasteiger partial charge in [-0.05, 0) is 19.4 Å². The van der Waals surface area contributed by atoms with Gasteiger partial charge in [0.1, 0.15) is 24.4 Å². The minimum Gasteiger partial charge on any atom is -0.481 e. The Bertz CT molecular complexity index is 1080. The summed E-state index contributed by atoms with van der Waals surface area (Å²) < 4.78 is 16.4. The van der Waals surface area contributed by atoms with Gasteiger partial charge in [-0.3, -0.25) is 4.90 Å². The number of aliphatic hydroxyl groups excluding tert-OH is 1. The summed E-state index contributed by atoms with van der Waals surface area (Å²) in [4.78, 5) is 17.5. The van der Waals surface area contributed by atoms with E-state index in [0.717, 1.165) is 41.9 Å². The number of aromatic nitrogens is 4. The largest absolute Gasteiger partial charge is 0.481 e. The van der Waals surface area contributed by atoms with Crippen LogP contribution < -0.4 is 14.4 Å². The van der Waals surface area contributed by atoms with Crippen molar-refractivity contribution in [1.29, 1.82) is 0 Å². The molecule has 10 nitrogen and oxygen atoms in total. The number of hydrogen-bond donors (Lipinski definition) is 1. The fourth-order valence-corrected chi connectivity index (χ4v) is 4.34. The second-order valence-corrected chi connectivity index (χ2v) is 8.12. The molecular weight excluding hydrogens is 412 g/mol. The Kier molecular flexibility index (Phi) is 5.62. The number of aliphatic hydroxyl groups is 1. The van der Waals surface area contributed by atoms with Crippen LogP contribution in [0.4, 0.5) is 5.69 Å². The molecule has 2 aliphatic rings. The first-order valence-electron chi connectivity index (χ1n) is 10.7. The Hall–Kier alpha value is -3.24. The molecule has 0 spiro atoms. The summed E-state index contributed by atoms with van der Waals surface area (Å²) in [5.74, 6) is 1.25. The monoisotopic (exact) mass is 438 g/mol. The number of pyridine rings is 1. The molecular formula is C22H26N6O4. The fraction of sp³-hybridized carbons (Fsp3) is 0.455. The van der Waals surface area contributed by atoms with E-state index in [0.29, 0.717) is 37.1 Å². The van der Waals surface area contributed by atoms with Crippen molar-refractivity contribution in [2.75, 3.05) is 31.6 Å². The third-order valence-electron chi connectivity index (χ3n) is 6.06. The highest BCUT2D eigenvalue weighted by molar-refractivity contribution is 5.52. The molecule has 0 saturated carbocycles. The molecule has 0 bridgehead atoms. The van der Waals surface area contributed by atoms with Crippen LogP contribution in [0.25, 0.3) is 0 Å². The summed E-state index contributed by atoms with van der Waals surface area (Å²) in [7, 11) is 1.63. The Labute approximate surface area is 185 Å². The predicted octanol–water partition coefficient (Wildman–Crippen LogP) is 1.88. The molecule has 0 aliphatic carbocycles. The molecule has 1 saturated heterocycles. The second kappa shape index (κ2) is 8.71. The third-order valence-corrected chi connectivity index (χ3v) is 6.06. The van der Waals surface area contributed by atoms with Crippen molar-refractivity contribution in [3.63, 3.8) is 0 Å². The van der Waals surface area contributed by atoms with E-state index >= 15 is 0 Å². The highest BCUT2D eigenvalue weighted by atomic mass is 16.5. The van der Waals surface area contributed by atoms with Crippen molar-refractivity contribution in [3.8, 4) is 11.8 Å². The summed E-state index contributed by atoms with van der Waals surface area (Å²) in [6.45, 7) is 4.77. The Morgan fingerprint density at radius 1 is 1.22 bits per heavy atom. The number of rotatable bonds is 6. The average molecular weight is 438 g/mol. The molecule has 3 aromatic heterocycles. The molecule has 3 aromatic rings. The number of fused-ring (bicyclic) bond motifs is 1. The van der Waals surface area contributed by atoms with Crippen LogP contribution in [-0.4, -0.2) is 63.0 Å². The molecule has 2 atom stereocenters. The van der Waals surface area contributed by atoms with Crippen LogP contribution in [-0.2, 0) is 13.0 Å². The van der Waals surface area contributed by atoms with Gasteiger partial charge >= 0.3 is 0 Å². The van der Waals surface area contributed by atoms with Gasteiger partial charge in [-0.15, -0.1) is 0 Å². The molecule has 1 fully saturated rings. The lowest BCUT2D eigenvalue weighted by atomic mass is 10.1. The molecule has 0 aromatic carbocycles. The zero-order valence-electron chi connectivity index (χ0n) is 18.1. The maximum atomic E-state index is 10.5. The van der Waals surface area contributed by atoms with Crippen LogP contribution >= 0.6 is 0 Å². The van der Waals surface area contributed by atoms with Crippen molar-refractivity contribution >= 4 is 5.69 Å². The summed E-state index contributed by atoms with van der Waals surface area (Å²) in [6.07, 6.45) is 5.58. The van der Waals surface area contributed by atoms with E-state index < -0.39 is 6.23 Å². The first kappa shape index (κ1) is 20.7. The van der Waals surface area contributed by atoms with Crippen molar-refractivity contribution in [3.05, 3.63) is 53.4 Å². The van der Waals surface area contributed by atoms with Gasteiger partial charge in [-0.2, -0.15) is 0 Å². The molecule has 2 aliphatic heterocycles. The minimum atomic E-state index is -0.803. The summed E-state index contributed by atoms with van der Waals surface area (Å²) >= 11 is 0. The molecule has 2 unspecified atom stereocenters. The second-order valence-electron chi connectivity index (χ2n) is 8.12. The normalized spacial score (nSPS) is 19.6. The average Bonchev–Trinajstić information content (AvgIpc) is 3.51. The van der Waals surface area contributed by atoms with E-state index in [1.54, 1.807) is 19.5 Å².